The lowest BCUT2D eigenvalue weighted by Crippen LogP contribution is -2.53. The van der Waals surface area contributed by atoms with Crippen molar-refractivity contribution in [2.24, 2.45) is 5.73 Å². The Labute approximate surface area is 101 Å². The predicted octanol–water partition coefficient (Wildman–Crippen LogP) is 1.93. The molecule has 2 rings (SSSR count). The van der Waals surface area contributed by atoms with Gasteiger partial charge in [-0.1, -0.05) is 6.07 Å². The number of aromatic hydroxyl groups is 1. The van der Waals surface area contributed by atoms with Gasteiger partial charge in [0, 0.05) is 30.9 Å². The first kappa shape index (κ1) is 12.7. The average molecular weight is 258 g/mol. The summed E-state index contributed by atoms with van der Waals surface area (Å²) in [5.74, 6) is -3.26. The lowest BCUT2D eigenvalue weighted by Gasteiger charge is -2.47. The molecular weight excluding hydrogens is 246 g/mol. The number of nitrogens with zero attached hydrogens (tertiary/aromatic N) is 1. The first-order valence-electron chi connectivity index (χ1n) is 5.35. The lowest BCUT2D eigenvalue weighted by molar-refractivity contribution is -0.386. The molecule has 98 valence electrons. The van der Waals surface area contributed by atoms with Crippen LogP contribution in [-0.4, -0.2) is 22.5 Å². The molecule has 1 saturated carbocycles. The van der Waals surface area contributed by atoms with E-state index in [4.69, 9.17) is 5.73 Å². The van der Waals surface area contributed by atoms with Crippen molar-refractivity contribution < 1.29 is 18.8 Å². The Morgan fingerprint density at radius 3 is 2.50 bits per heavy atom. The number of rotatable bonds is 3. The van der Waals surface area contributed by atoms with Gasteiger partial charge in [-0.05, 0) is 11.6 Å². The molecule has 1 fully saturated rings. The summed E-state index contributed by atoms with van der Waals surface area (Å²) >= 11 is 0. The molecule has 0 unspecified atom stereocenters. The van der Waals surface area contributed by atoms with Crippen LogP contribution in [0.25, 0.3) is 0 Å². The summed E-state index contributed by atoms with van der Waals surface area (Å²) in [5.41, 5.74) is 4.48. The monoisotopic (exact) mass is 258 g/mol. The molecule has 0 aromatic heterocycles. The second kappa shape index (κ2) is 3.88. The molecule has 0 heterocycles. The van der Waals surface area contributed by atoms with Gasteiger partial charge in [0.2, 0.25) is 5.92 Å². The maximum absolute atomic E-state index is 13.0. The van der Waals surface area contributed by atoms with E-state index < -0.39 is 40.5 Å². The van der Waals surface area contributed by atoms with E-state index in [1.165, 1.54) is 6.07 Å². The number of phenols is 1. The van der Waals surface area contributed by atoms with Crippen molar-refractivity contribution in [2.45, 2.75) is 24.2 Å². The van der Waals surface area contributed by atoms with Gasteiger partial charge in [0.05, 0.1) is 4.92 Å². The highest BCUT2D eigenvalue weighted by Crippen LogP contribution is 2.53. The lowest BCUT2D eigenvalue weighted by atomic mass is 9.62. The van der Waals surface area contributed by atoms with Gasteiger partial charge in [0.1, 0.15) is 0 Å². The Kier molecular flexibility index (Phi) is 2.73. The van der Waals surface area contributed by atoms with Crippen LogP contribution in [0.4, 0.5) is 14.5 Å². The molecule has 0 saturated heterocycles. The van der Waals surface area contributed by atoms with Crippen molar-refractivity contribution in [2.75, 3.05) is 6.54 Å². The number of hydrogen-bond acceptors (Lipinski definition) is 4. The fourth-order valence-electron chi connectivity index (χ4n) is 2.40. The summed E-state index contributed by atoms with van der Waals surface area (Å²) < 4.78 is 26.0. The van der Waals surface area contributed by atoms with E-state index in [-0.39, 0.29) is 6.54 Å². The third-order valence-corrected chi connectivity index (χ3v) is 3.37. The van der Waals surface area contributed by atoms with Crippen LogP contribution in [0.5, 0.6) is 5.75 Å². The Balaban J connectivity index is 2.40. The molecule has 1 aliphatic rings. The molecule has 18 heavy (non-hydrogen) atoms. The average Bonchev–Trinajstić information content (AvgIpc) is 2.25. The van der Waals surface area contributed by atoms with E-state index in [9.17, 15) is 24.0 Å². The highest BCUT2D eigenvalue weighted by atomic mass is 19.3. The van der Waals surface area contributed by atoms with Crippen LogP contribution in [0.1, 0.15) is 18.4 Å². The molecule has 0 amide bonds. The van der Waals surface area contributed by atoms with Gasteiger partial charge < -0.3 is 10.8 Å². The van der Waals surface area contributed by atoms with E-state index in [2.05, 4.69) is 0 Å². The normalized spacial score (nSPS) is 20.2. The summed E-state index contributed by atoms with van der Waals surface area (Å²) in [7, 11) is 0. The van der Waals surface area contributed by atoms with E-state index >= 15 is 0 Å². The smallest absolute Gasteiger partial charge is 0.310 e. The first-order valence-corrected chi connectivity index (χ1v) is 5.35. The van der Waals surface area contributed by atoms with Gasteiger partial charge in [0.15, 0.2) is 5.75 Å². The van der Waals surface area contributed by atoms with E-state index in [1.54, 1.807) is 0 Å². The third-order valence-electron chi connectivity index (χ3n) is 3.37. The second-order valence-electron chi connectivity index (χ2n) is 4.65. The van der Waals surface area contributed by atoms with Crippen molar-refractivity contribution in [1.82, 2.24) is 0 Å². The van der Waals surface area contributed by atoms with Crippen LogP contribution in [-0.2, 0) is 5.41 Å². The van der Waals surface area contributed by atoms with Gasteiger partial charge >= 0.3 is 5.69 Å². The third kappa shape index (κ3) is 1.90. The van der Waals surface area contributed by atoms with Gasteiger partial charge in [-0.3, -0.25) is 10.1 Å². The number of hydrogen-bond donors (Lipinski definition) is 2. The van der Waals surface area contributed by atoms with E-state index in [0.29, 0.717) is 5.56 Å². The number of nitrogens with two attached hydrogens (primary N) is 1. The summed E-state index contributed by atoms with van der Waals surface area (Å²) in [6.07, 6.45) is -0.836. The Hall–Kier alpha value is -1.76. The minimum Gasteiger partial charge on any atom is -0.502 e. The van der Waals surface area contributed by atoms with Gasteiger partial charge in [-0.25, -0.2) is 8.78 Å². The van der Waals surface area contributed by atoms with Crippen LogP contribution >= 0.6 is 0 Å². The molecule has 1 aromatic rings. The van der Waals surface area contributed by atoms with Crippen molar-refractivity contribution in [3.8, 4) is 5.75 Å². The van der Waals surface area contributed by atoms with Gasteiger partial charge in [-0.15, -0.1) is 0 Å². The zero-order valence-electron chi connectivity index (χ0n) is 9.40. The molecule has 1 aliphatic carbocycles. The zero-order valence-corrected chi connectivity index (χ0v) is 9.40. The highest BCUT2D eigenvalue weighted by Gasteiger charge is 2.56. The molecule has 1 aromatic carbocycles. The molecule has 0 aliphatic heterocycles. The van der Waals surface area contributed by atoms with Gasteiger partial charge in [0.25, 0.3) is 0 Å². The number of nitro groups is 1. The summed E-state index contributed by atoms with van der Waals surface area (Å²) in [4.78, 5) is 9.94. The fourth-order valence-corrected chi connectivity index (χ4v) is 2.40. The van der Waals surface area contributed by atoms with Crippen LogP contribution in [0.15, 0.2) is 18.2 Å². The number of nitro benzene ring substituents is 1. The summed E-state index contributed by atoms with van der Waals surface area (Å²) in [5, 5.41) is 20.0. The van der Waals surface area contributed by atoms with Crippen molar-refractivity contribution in [1.29, 1.82) is 0 Å². The fraction of sp³-hybridized carbons (Fsp3) is 0.455. The van der Waals surface area contributed by atoms with Crippen LogP contribution in [0, 0.1) is 10.1 Å². The SMILES string of the molecule is NCC1(c2ccc(O)c([N+](=O)[O-])c2)CC(F)(F)C1. The zero-order chi connectivity index (χ0) is 13.6. The largest absolute Gasteiger partial charge is 0.502 e. The quantitative estimate of drug-likeness (QED) is 0.640. The number of alkyl halides is 2. The van der Waals surface area contributed by atoms with Gasteiger partial charge in [-0.2, -0.15) is 0 Å². The van der Waals surface area contributed by atoms with Crippen molar-refractivity contribution in [3.05, 3.63) is 33.9 Å². The molecule has 0 spiro atoms. The molecule has 7 heteroatoms. The van der Waals surface area contributed by atoms with E-state index in [0.717, 1.165) is 12.1 Å². The molecule has 5 nitrogen and oxygen atoms in total. The summed E-state index contributed by atoms with van der Waals surface area (Å²) in [6, 6.07) is 3.67. The number of halogens is 2. The molecular formula is C11H12F2N2O3. The molecule has 0 radical (unpaired) electrons. The molecule has 3 N–H and O–H groups in total. The topological polar surface area (TPSA) is 89.4 Å². The van der Waals surface area contributed by atoms with Crippen LogP contribution < -0.4 is 5.73 Å². The summed E-state index contributed by atoms with van der Waals surface area (Å²) in [6.45, 7) is -0.00941. The molecule has 0 bridgehead atoms. The predicted molar refractivity (Wildman–Crippen MR) is 59.7 cm³/mol. The maximum Gasteiger partial charge on any atom is 0.310 e. The maximum atomic E-state index is 13.0. The van der Waals surface area contributed by atoms with Crippen molar-refractivity contribution >= 4 is 5.69 Å². The Morgan fingerprint density at radius 2 is 2.06 bits per heavy atom. The minimum atomic E-state index is -2.77. The number of phenolic OH excluding ortho intramolecular Hbond substituents is 1. The Morgan fingerprint density at radius 1 is 1.44 bits per heavy atom. The Bertz CT molecular complexity index is 497. The second-order valence-corrected chi connectivity index (χ2v) is 4.65. The van der Waals surface area contributed by atoms with Crippen LogP contribution in [0.2, 0.25) is 0 Å². The highest BCUT2D eigenvalue weighted by molar-refractivity contribution is 5.50. The minimum absolute atomic E-state index is 0.00941. The van der Waals surface area contributed by atoms with Crippen molar-refractivity contribution in [3.63, 3.8) is 0 Å². The first-order chi connectivity index (χ1) is 8.30. The standard InChI is InChI=1S/C11H12F2N2O3/c12-11(13)4-10(5-11,6-14)7-1-2-9(16)8(3-7)15(17)18/h1-3,16H,4-6,14H2. The van der Waals surface area contributed by atoms with E-state index in [1.807, 2.05) is 0 Å². The van der Waals surface area contributed by atoms with Crippen LogP contribution in [0.3, 0.4) is 0 Å². The molecule has 0 atom stereocenters. The number of benzene rings is 1.